The van der Waals surface area contributed by atoms with E-state index in [-0.39, 0.29) is 17.4 Å². The van der Waals surface area contributed by atoms with Crippen LogP contribution in [0.4, 0.5) is 0 Å². The number of aromatic nitrogens is 2. The van der Waals surface area contributed by atoms with Gasteiger partial charge in [-0.3, -0.25) is 4.79 Å². The van der Waals surface area contributed by atoms with Crippen LogP contribution in [0.3, 0.4) is 0 Å². The molecule has 23 heavy (non-hydrogen) atoms. The van der Waals surface area contributed by atoms with E-state index in [0.29, 0.717) is 17.9 Å². The highest BCUT2D eigenvalue weighted by molar-refractivity contribution is 5.73. The number of hydrogen-bond acceptors (Lipinski definition) is 5. The summed E-state index contributed by atoms with van der Waals surface area (Å²) in [5, 5.41) is 7.72. The lowest BCUT2D eigenvalue weighted by Crippen LogP contribution is -2.50. The normalized spacial score (nSPS) is 23.8. The highest BCUT2D eigenvalue weighted by Crippen LogP contribution is 2.25. The van der Waals surface area contributed by atoms with Crippen molar-refractivity contribution in [1.82, 2.24) is 20.4 Å². The lowest BCUT2D eigenvalue weighted by atomic mass is 9.89. The minimum absolute atomic E-state index is 0.0153. The molecule has 1 aliphatic heterocycles. The lowest BCUT2D eigenvalue weighted by Gasteiger charge is -2.39. The van der Waals surface area contributed by atoms with E-state index in [1.54, 1.807) is 6.92 Å². The van der Waals surface area contributed by atoms with Crippen LogP contribution in [-0.2, 0) is 10.2 Å². The van der Waals surface area contributed by atoms with Crippen LogP contribution in [0.1, 0.15) is 72.1 Å². The molecule has 130 valence electrons. The van der Waals surface area contributed by atoms with Crippen LogP contribution in [0, 0.1) is 5.92 Å². The highest BCUT2D eigenvalue weighted by Gasteiger charge is 2.31. The van der Waals surface area contributed by atoms with Crippen LogP contribution >= 0.6 is 0 Å². The Morgan fingerprint density at radius 1 is 1.48 bits per heavy atom. The van der Waals surface area contributed by atoms with Crippen molar-refractivity contribution in [3.8, 4) is 0 Å². The number of likely N-dealkylation sites (tertiary alicyclic amines) is 1. The molecule has 0 saturated carbocycles. The molecule has 1 amide bonds. The van der Waals surface area contributed by atoms with Gasteiger partial charge in [0.15, 0.2) is 5.82 Å². The minimum Gasteiger partial charge on any atom is -0.343 e. The molecule has 1 aromatic rings. The number of nitrogens with one attached hydrogen (secondary N) is 1. The summed E-state index contributed by atoms with van der Waals surface area (Å²) in [5.74, 6) is 2.00. The van der Waals surface area contributed by atoms with Gasteiger partial charge in [-0.25, -0.2) is 0 Å². The number of hydrogen-bond donors (Lipinski definition) is 1. The molecule has 1 aliphatic rings. The van der Waals surface area contributed by atoms with Crippen molar-refractivity contribution in [1.29, 1.82) is 0 Å². The van der Waals surface area contributed by atoms with E-state index in [9.17, 15) is 4.79 Å². The zero-order valence-electron chi connectivity index (χ0n) is 15.2. The Labute approximate surface area is 139 Å². The zero-order valence-corrected chi connectivity index (χ0v) is 15.2. The minimum atomic E-state index is -0.111. The van der Waals surface area contributed by atoms with Crippen LogP contribution in [-0.4, -0.2) is 40.1 Å². The molecule has 2 heterocycles. The second-order valence-electron chi connectivity index (χ2n) is 7.62. The smallest absolute Gasteiger partial charge is 0.243 e. The number of carbonyl (C=O) groups excluding carboxylic acids is 1. The fourth-order valence-electron chi connectivity index (χ4n) is 3.06. The summed E-state index contributed by atoms with van der Waals surface area (Å²) in [6, 6.07) is 0.386. The van der Waals surface area contributed by atoms with E-state index in [4.69, 9.17) is 4.52 Å². The summed E-state index contributed by atoms with van der Waals surface area (Å²) >= 11 is 0. The molecule has 6 heteroatoms. The van der Waals surface area contributed by atoms with Crippen LogP contribution < -0.4 is 5.32 Å². The van der Waals surface area contributed by atoms with Gasteiger partial charge in [-0.1, -0.05) is 39.3 Å². The molecule has 1 aromatic heterocycles. The van der Waals surface area contributed by atoms with Gasteiger partial charge in [0.1, 0.15) is 0 Å². The number of carbonyl (C=O) groups is 1. The summed E-state index contributed by atoms with van der Waals surface area (Å²) in [5.41, 5.74) is -0.111. The second-order valence-corrected chi connectivity index (χ2v) is 7.62. The third-order valence-corrected chi connectivity index (χ3v) is 4.65. The van der Waals surface area contributed by atoms with E-state index in [2.05, 4.69) is 50.1 Å². The highest BCUT2D eigenvalue weighted by atomic mass is 16.5. The van der Waals surface area contributed by atoms with Gasteiger partial charge in [-0.05, 0) is 19.3 Å². The van der Waals surface area contributed by atoms with Gasteiger partial charge in [0, 0.05) is 31.5 Å². The summed E-state index contributed by atoms with van der Waals surface area (Å²) in [6.45, 7) is 13.7. The number of amides is 1. The Morgan fingerprint density at radius 2 is 2.17 bits per heavy atom. The van der Waals surface area contributed by atoms with Gasteiger partial charge in [-0.2, -0.15) is 4.98 Å². The number of rotatable bonds is 4. The standard InChI is InChI=1S/C17H30N4O2/c1-7-13-10-21(12(3)22)9-8-14(13)18-11(2)15-19-16(20-23-15)17(4,5)6/h11,13-14,18H,7-10H2,1-6H3/t11-,13-,14+/m1/s1. The molecule has 2 rings (SSSR count). The molecule has 0 aliphatic carbocycles. The number of nitrogens with zero attached hydrogens (tertiary/aromatic N) is 3. The van der Waals surface area contributed by atoms with Crippen LogP contribution in [0.25, 0.3) is 0 Å². The van der Waals surface area contributed by atoms with Gasteiger partial charge in [-0.15, -0.1) is 0 Å². The molecular weight excluding hydrogens is 292 g/mol. The van der Waals surface area contributed by atoms with Crippen molar-refractivity contribution in [2.24, 2.45) is 5.92 Å². The molecule has 0 radical (unpaired) electrons. The molecule has 0 aromatic carbocycles. The SMILES string of the molecule is CC[C@@H]1CN(C(C)=O)CC[C@@H]1N[C@H](C)c1nc(C(C)(C)C)no1. The zero-order chi connectivity index (χ0) is 17.2. The van der Waals surface area contributed by atoms with Crippen LogP contribution in [0.2, 0.25) is 0 Å². The molecule has 3 atom stereocenters. The maximum absolute atomic E-state index is 11.6. The predicted octanol–water partition coefficient (Wildman–Crippen LogP) is 2.66. The van der Waals surface area contributed by atoms with E-state index in [1.165, 1.54) is 0 Å². The first-order valence-corrected chi connectivity index (χ1v) is 8.58. The molecule has 0 bridgehead atoms. The van der Waals surface area contributed by atoms with E-state index in [0.717, 1.165) is 31.8 Å². The molecular formula is C17H30N4O2. The van der Waals surface area contributed by atoms with Crippen molar-refractivity contribution >= 4 is 5.91 Å². The molecule has 0 spiro atoms. The lowest BCUT2D eigenvalue weighted by molar-refractivity contribution is -0.131. The molecule has 1 N–H and O–H groups in total. The topological polar surface area (TPSA) is 71.3 Å². The molecule has 0 unspecified atom stereocenters. The monoisotopic (exact) mass is 322 g/mol. The fourth-order valence-corrected chi connectivity index (χ4v) is 3.06. The van der Waals surface area contributed by atoms with Gasteiger partial charge in [0.2, 0.25) is 11.8 Å². The Kier molecular flexibility index (Phi) is 5.45. The Bertz CT molecular complexity index is 535. The molecule has 1 saturated heterocycles. The van der Waals surface area contributed by atoms with Crippen LogP contribution in [0.5, 0.6) is 0 Å². The van der Waals surface area contributed by atoms with E-state index >= 15 is 0 Å². The van der Waals surface area contributed by atoms with Gasteiger partial charge in [0.25, 0.3) is 0 Å². The third-order valence-electron chi connectivity index (χ3n) is 4.65. The van der Waals surface area contributed by atoms with Gasteiger partial charge in [0.05, 0.1) is 6.04 Å². The maximum Gasteiger partial charge on any atom is 0.243 e. The first-order valence-electron chi connectivity index (χ1n) is 8.58. The largest absolute Gasteiger partial charge is 0.343 e. The second kappa shape index (κ2) is 6.99. The van der Waals surface area contributed by atoms with Gasteiger partial charge < -0.3 is 14.7 Å². The Balaban J connectivity index is 2.00. The average molecular weight is 322 g/mol. The van der Waals surface area contributed by atoms with Gasteiger partial charge >= 0.3 is 0 Å². The maximum atomic E-state index is 11.6. The van der Waals surface area contributed by atoms with Crippen LogP contribution in [0.15, 0.2) is 4.52 Å². The van der Waals surface area contributed by atoms with Crippen molar-refractivity contribution in [3.05, 3.63) is 11.7 Å². The summed E-state index contributed by atoms with van der Waals surface area (Å²) < 4.78 is 5.43. The first-order chi connectivity index (χ1) is 10.7. The Morgan fingerprint density at radius 3 is 2.70 bits per heavy atom. The Hall–Kier alpha value is -1.43. The van der Waals surface area contributed by atoms with Crippen molar-refractivity contribution in [3.63, 3.8) is 0 Å². The predicted molar refractivity (Wildman–Crippen MR) is 89.0 cm³/mol. The van der Waals surface area contributed by atoms with Crippen molar-refractivity contribution < 1.29 is 9.32 Å². The summed E-state index contributed by atoms with van der Waals surface area (Å²) in [7, 11) is 0. The van der Waals surface area contributed by atoms with Crippen molar-refractivity contribution in [2.45, 2.75) is 71.9 Å². The van der Waals surface area contributed by atoms with E-state index in [1.807, 2.05) is 4.90 Å². The van der Waals surface area contributed by atoms with E-state index < -0.39 is 0 Å². The quantitative estimate of drug-likeness (QED) is 0.923. The fraction of sp³-hybridized carbons (Fsp3) is 0.824. The average Bonchev–Trinajstić information content (AvgIpc) is 2.97. The number of piperidine rings is 1. The molecule has 6 nitrogen and oxygen atoms in total. The van der Waals surface area contributed by atoms with Crippen molar-refractivity contribution in [2.75, 3.05) is 13.1 Å². The summed E-state index contributed by atoms with van der Waals surface area (Å²) in [6.07, 6.45) is 2.01. The summed E-state index contributed by atoms with van der Waals surface area (Å²) in [4.78, 5) is 18.1. The molecule has 1 fully saturated rings. The first kappa shape index (κ1) is 17.9. The third kappa shape index (κ3) is 4.31.